The number of furan rings is 1. The third-order valence-electron chi connectivity index (χ3n) is 4.09. The Hall–Kier alpha value is -3.42. The van der Waals surface area contributed by atoms with Crippen LogP contribution in [0.25, 0.3) is 27.6 Å². The lowest BCUT2D eigenvalue weighted by atomic mass is 10.2. The van der Waals surface area contributed by atoms with Crippen molar-refractivity contribution in [3.8, 4) is 11.3 Å². The maximum Gasteiger partial charge on any atom is 0.250 e. The minimum absolute atomic E-state index is 0.144. The second-order valence-corrected chi connectivity index (χ2v) is 7.88. The van der Waals surface area contributed by atoms with Crippen molar-refractivity contribution in [3.63, 3.8) is 0 Å². The van der Waals surface area contributed by atoms with E-state index in [1.807, 2.05) is 24.3 Å². The zero-order valence-corrected chi connectivity index (χ0v) is 17.4. The minimum atomic E-state index is -0.319. The summed E-state index contributed by atoms with van der Waals surface area (Å²) in [6.45, 7) is 1.45. The Kier molecular flexibility index (Phi) is 5.65. The normalized spacial score (nSPS) is 11.1. The molecule has 2 heterocycles. The molecule has 0 aliphatic rings. The molecule has 0 aliphatic heterocycles. The van der Waals surface area contributed by atoms with Crippen LogP contribution in [-0.2, 0) is 9.59 Å². The molecule has 8 heteroatoms. The van der Waals surface area contributed by atoms with Crippen LogP contribution in [0.3, 0.4) is 0 Å². The van der Waals surface area contributed by atoms with E-state index in [0.29, 0.717) is 27.4 Å². The summed E-state index contributed by atoms with van der Waals surface area (Å²) in [6, 6.07) is 16.3. The Bertz CT molecular complexity index is 1260. The number of rotatable bonds is 5. The van der Waals surface area contributed by atoms with Crippen molar-refractivity contribution in [2.75, 3.05) is 10.6 Å². The molecule has 0 spiro atoms. The van der Waals surface area contributed by atoms with Crippen molar-refractivity contribution < 1.29 is 14.0 Å². The first-order valence-electron chi connectivity index (χ1n) is 8.99. The molecular weight excluding hydrogens is 422 g/mol. The van der Waals surface area contributed by atoms with Crippen LogP contribution in [0.15, 0.2) is 65.1 Å². The maximum atomic E-state index is 12.2. The van der Waals surface area contributed by atoms with Gasteiger partial charge in [-0.15, -0.1) is 0 Å². The predicted molar refractivity (Wildman–Crippen MR) is 121 cm³/mol. The molecule has 4 aromatic rings. The Labute approximate surface area is 181 Å². The number of carbonyl (C=O) groups is 2. The molecule has 4 rings (SSSR count). The van der Waals surface area contributed by atoms with Gasteiger partial charge >= 0.3 is 0 Å². The van der Waals surface area contributed by atoms with Gasteiger partial charge in [-0.25, -0.2) is 4.98 Å². The first-order chi connectivity index (χ1) is 14.5. The number of thiazole rings is 1. The molecule has 2 aromatic carbocycles. The van der Waals surface area contributed by atoms with Gasteiger partial charge in [0.15, 0.2) is 5.13 Å². The van der Waals surface area contributed by atoms with E-state index in [9.17, 15) is 9.59 Å². The number of hydrogen-bond donors (Lipinski definition) is 2. The molecule has 30 heavy (non-hydrogen) atoms. The molecule has 0 atom stereocenters. The van der Waals surface area contributed by atoms with Crippen molar-refractivity contribution >= 4 is 61.9 Å². The van der Waals surface area contributed by atoms with E-state index in [1.165, 1.54) is 24.3 Å². The van der Waals surface area contributed by atoms with Crippen LogP contribution in [-0.4, -0.2) is 16.8 Å². The summed E-state index contributed by atoms with van der Waals surface area (Å²) < 4.78 is 6.61. The smallest absolute Gasteiger partial charge is 0.250 e. The van der Waals surface area contributed by atoms with Crippen LogP contribution in [0, 0.1) is 0 Å². The molecule has 0 radical (unpaired) electrons. The second kappa shape index (κ2) is 8.52. The summed E-state index contributed by atoms with van der Waals surface area (Å²) in [6.07, 6.45) is 2.98. The van der Waals surface area contributed by atoms with Gasteiger partial charge in [-0.3, -0.25) is 14.9 Å². The van der Waals surface area contributed by atoms with Gasteiger partial charge < -0.3 is 9.73 Å². The fourth-order valence-electron chi connectivity index (χ4n) is 2.78. The Balaban J connectivity index is 1.42. The lowest BCUT2D eigenvalue weighted by Crippen LogP contribution is -2.07. The average molecular weight is 438 g/mol. The van der Waals surface area contributed by atoms with E-state index >= 15 is 0 Å². The Morgan fingerprint density at radius 2 is 1.87 bits per heavy atom. The number of fused-ring (bicyclic) bond motifs is 1. The maximum absolute atomic E-state index is 12.2. The number of amides is 2. The zero-order valence-electron chi connectivity index (χ0n) is 15.8. The van der Waals surface area contributed by atoms with E-state index < -0.39 is 0 Å². The number of nitrogens with zero attached hydrogens (tertiary/aromatic N) is 1. The SMILES string of the molecule is CC(=O)Nc1ccc2nc(NC(=O)C=Cc3ccc(-c4ccc(Cl)cc4)o3)sc2c1. The fourth-order valence-corrected chi connectivity index (χ4v) is 3.81. The fraction of sp³-hybridized carbons (Fsp3) is 0.0455. The van der Waals surface area contributed by atoms with Gasteiger partial charge in [-0.05, 0) is 60.7 Å². The summed E-state index contributed by atoms with van der Waals surface area (Å²) in [4.78, 5) is 27.8. The molecule has 2 amide bonds. The summed E-state index contributed by atoms with van der Waals surface area (Å²) >= 11 is 7.23. The van der Waals surface area contributed by atoms with Crippen molar-refractivity contribution in [1.82, 2.24) is 4.98 Å². The van der Waals surface area contributed by atoms with Gasteiger partial charge in [0.1, 0.15) is 11.5 Å². The largest absolute Gasteiger partial charge is 0.457 e. The molecule has 0 saturated heterocycles. The lowest BCUT2D eigenvalue weighted by Gasteiger charge is -1.99. The summed E-state index contributed by atoms with van der Waals surface area (Å²) in [5.41, 5.74) is 2.33. The third kappa shape index (κ3) is 4.76. The summed E-state index contributed by atoms with van der Waals surface area (Å²) in [5, 5.41) is 6.60. The first kappa shape index (κ1) is 19.9. The van der Waals surface area contributed by atoms with Crippen LogP contribution in [0.4, 0.5) is 10.8 Å². The van der Waals surface area contributed by atoms with Crippen LogP contribution in [0.5, 0.6) is 0 Å². The van der Waals surface area contributed by atoms with Gasteiger partial charge in [0, 0.05) is 29.3 Å². The minimum Gasteiger partial charge on any atom is -0.457 e. The number of halogens is 1. The number of hydrogen-bond acceptors (Lipinski definition) is 5. The standard InChI is InChI=1S/C22H16ClN3O3S/c1-13(27)24-16-6-9-18-20(12-16)30-22(25-18)26-21(28)11-8-17-7-10-19(29-17)14-2-4-15(23)5-3-14/h2-12H,1H3,(H,24,27)(H,25,26,28). The summed E-state index contributed by atoms with van der Waals surface area (Å²) in [7, 11) is 0. The number of benzene rings is 2. The van der Waals surface area contributed by atoms with Gasteiger partial charge in [0.2, 0.25) is 11.8 Å². The third-order valence-corrected chi connectivity index (χ3v) is 5.28. The van der Waals surface area contributed by atoms with Gasteiger partial charge in [-0.2, -0.15) is 0 Å². The monoisotopic (exact) mass is 437 g/mol. The number of anilines is 2. The average Bonchev–Trinajstić information content (AvgIpc) is 3.32. The van der Waals surface area contributed by atoms with Crippen LogP contribution >= 0.6 is 22.9 Å². The molecule has 2 N–H and O–H groups in total. The van der Waals surface area contributed by atoms with Crippen molar-refractivity contribution in [2.24, 2.45) is 0 Å². The van der Waals surface area contributed by atoms with E-state index in [4.69, 9.17) is 16.0 Å². The highest BCUT2D eigenvalue weighted by Gasteiger charge is 2.08. The van der Waals surface area contributed by atoms with Gasteiger partial charge in [0.05, 0.1) is 10.2 Å². The molecule has 0 aliphatic carbocycles. The Morgan fingerprint density at radius 3 is 2.63 bits per heavy atom. The zero-order chi connectivity index (χ0) is 21.1. The van der Waals surface area contributed by atoms with Crippen LogP contribution in [0.1, 0.15) is 12.7 Å². The van der Waals surface area contributed by atoms with Gasteiger partial charge in [0.25, 0.3) is 0 Å². The number of aromatic nitrogens is 1. The molecule has 0 fully saturated rings. The van der Waals surface area contributed by atoms with E-state index in [0.717, 1.165) is 15.8 Å². The molecule has 0 bridgehead atoms. The highest BCUT2D eigenvalue weighted by molar-refractivity contribution is 7.22. The molecular formula is C22H16ClN3O3S. The van der Waals surface area contributed by atoms with E-state index in [2.05, 4.69) is 15.6 Å². The topological polar surface area (TPSA) is 84.2 Å². The van der Waals surface area contributed by atoms with E-state index in [1.54, 1.807) is 36.4 Å². The lowest BCUT2D eigenvalue weighted by molar-refractivity contribution is -0.114. The highest BCUT2D eigenvalue weighted by atomic mass is 35.5. The highest BCUT2D eigenvalue weighted by Crippen LogP contribution is 2.28. The summed E-state index contributed by atoms with van der Waals surface area (Å²) in [5.74, 6) is 0.780. The number of carbonyl (C=O) groups excluding carboxylic acids is 2. The first-order valence-corrected chi connectivity index (χ1v) is 10.2. The van der Waals surface area contributed by atoms with Crippen molar-refractivity contribution in [3.05, 3.63) is 71.5 Å². The Morgan fingerprint density at radius 1 is 1.07 bits per heavy atom. The number of nitrogens with one attached hydrogen (secondary N) is 2. The van der Waals surface area contributed by atoms with Gasteiger partial charge in [-0.1, -0.05) is 22.9 Å². The molecule has 0 saturated carbocycles. The second-order valence-electron chi connectivity index (χ2n) is 6.41. The van der Waals surface area contributed by atoms with Crippen molar-refractivity contribution in [2.45, 2.75) is 6.92 Å². The predicted octanol–water partition coefficient (Wildman–Crippen LogP) is 5.82. The molecule has 6 nitrogen and oxygen atoms in total. The van der Waals surface area contributed by atoms with Crippen molar-refractivity contribution in [1.29, 1.82) is 0 Å². The van der Waals surface area contributed by atoms with E-state index in [-0.39, 0.29) is 11.8 Å². The molecule has 150 valence electrons. The van der Waals surface area contributed by atoms with Crippen LogP contribution < -0.4 is 10.6 Å². The quantitative estimate of drug-likeness (QED) is 0.385. The molecule has 0 unspecified atom stereocenters. The van der Waals surface area contributed by atoms with Crippen LogP contribution in [0.2, 0.25) is 5.02 Å². The molecule has 2 aromatic heterocycles.